The molecule has 5 aromatic carbocycles. The van der Waals surface area contributed by atoms with Gasteiger partial charge in [0.1, 0.15) is 5.75 Å². The SMILES string of the molecule is CCCCCCOc1nc(-c2ccc(COC(CC)CCCC)cc2O)nc(-c2cc3c4ccccc4ccc3c3ccccc23)n1. The molecular weight excluding hydrogens is 582 g/mol. The summed E-state index contributed by atoms with van der Waals surface area (Å²) in [5.41, 5.74) is 2.34. The summed E-state index contributed by atoms with van der Waals surface area (Å²) in [6.07, 6.45) is 8.86. The van der Waals surface area contributed by atoms with Gasteiger partial charge in [0.05, 0.1) is 24.9 Å². The van der Waals surface area contributed by atoms with Gasteiger partial charge in [0.25, 0.3) is 0 Å². The number of benzene rings is 5. The van der Waals surface area contributed by atoms with E-state index in [1.54, 1.807) is 6.07 Å². The molecule has 0 bridgehead atoms. The third-order valence-electron chi connectivity index (χ3n) is 8.98. The topological polar surface area (TPSA) is 77.4 Å². The van der Waals surface area contributed by atoms with Gasteiger partial charge in [-0.25, -0.2) is 4.98 Å². The molecule has 1 atom stereocenters. The third kappa shape index (κ3) is 7.39. The number of nitrogens with zero attached hydrogens (tertiary/aromatic N) is 3. The van der Waals surface area contributed by atoms with Crippen LogP contribution in [0.3, 0.4) is 0 Å². The minimum absolute atomic E-state index is 0.105. The predicted octanol–water partition coefficient (Wildman–Crippen LogP) is 10.8. The van der Waals surface area contributed by atoms with Crippen molar-refractivity contribution in [1.82, 2.24) is 15.0 Å². The summed E-state index contributed by atoms with van der Waals surface area (Å²) in [7, 11) is 0. The fraction of sp³-hybridized carbons (Fsp3) is 0.341. The molecule has 0 saturated heterocycles. The normalized spacial score (nSPS) is 12.2. The summed E-state index contributed by atoms with van der Waals surface area (Å²) in [5, 5.41) is 18.1. The quantitative estimate of drug-likeness (QED) is 0.0901. The van der Waals surface area contributed by atoms with Crippen LogP contribution >= 0.6 is 0 Å². The number of hydrogen-bond donors (Lipinski definition) is 1. The Balaban J connectivity index is 1.42. The second kappa shape index (κ2) is 15.4. The molecule has 0 spiro atoms. The number of aromatic nitrogens is 3. The van der Waals surface area contributed by atoms with Crippen LogP contribution in [0.1, 0.15) is 77.7 Å². The second-order valence-corrected chi connectivity index (χ2v) is 12.4. The molecule has 6 heteroatoms. The van der Waals surface area contributed by atoms with E-state index >= 15 is 0 Å². The molecule has 0 amide bonds. The van der Waals surface area contributed by atoms with Crippen LogP contribution in [0.4, 0.5) is 0 Å². The lowest BCUT2D eigenvalue weighted by atomic mass is 9.93. The molecule has 1 aromatic heterocycles. The van der Waals surface area contributed by atoms with Crippen molar-refractivity contribution in [2.45, 2.75) is 84.8 Å². The van der Waals surface area contributed by atoms with Crippen LogP contribution in [0.2, 0.25) is 0 Å². The molecule has 0 aliphatic rings. The van der Waals surface area contributed by atoms with Gasteiger partial charge in [0, 0.05) is 5.56 Å². The van der Waals surface area contributed by atoms with Crippen LogP contribution in [0.25, 0.3) is 55.1 Å². The van der Waals surface area contributed by atoms with Gasteiger partial charge in [0.2, 0.25) is 0 Å². The highest BCUT2D eigenvalue weighted by Gasteiger charge is 2.18. The standard InChI is InChI=1S/C41H45N3O3/c1-4-7-9-14-24-46-41-43-39(35-22-20-28(25-38(35)45)27-47-30(6-3)16-8-5-2)42-40(44-41)37-26-36-31-17-11-10-15-29(31)21-23-34(36)32-18-12-13-19-33(32)37/h10-13,15,17-23,25-26,30,45H,4-9,14,16,24,27H2,1-3H3. The average molecular weight is 628 g/mol. The average Bonchev–Trinajstić information content (AvgIpc) is 3.11. The molecule has 0 aliphatic heterocycles. The Kier molecular flexibility index (Phi) is 10.6. The summed E-state index contributed by atoms with van der Waals surface area (Å²) in [6, 6.07) is 29.3. The molecule has 6 nitrogen and oxygen atoms in total. The Morgan fingerprint density at radius 3 is 2.13 bits per heavy atom. The first-order valence-corrected chi connectivity index (χ1v) is 17.3. The van der Waals surface area contributed by atoms with Crippen LogP contribution in [-0.2, 0) is 11.3 Å². The van der Waals surface area contributed by atoms with Gasteiger partial charge in [-0.1, -0.05) is 120 Å². The number of hydrogen-bond acceptors (Lipinski definition) is 6. The largest absolute Gasteiger partial charge is 0.507 e. The molecule has 0 aliphatic carbocycles. The highest BCUT2D eigenvalue weighted by Crippen LogP contribution is 2.38. The molecule has 1 N–H and O–H groups in total. The van der Waals surface area contributed by atoms with Crippen molar-refractivity contribution in [1.29, 1.82) is 0 Å². The van der Waals surface area contributed by atoms with Crippen LogP contribution in [0.5, 0.6) is 11.8 Å². The Bertz CT molecular complexity index is 1970. The maximum Gasteiger partial charge on any atom is 0.320 e. The third-order valence-corrected chi connectivity index (χ3v) is 8.98. The molecule has 6 rings (SSSR count). The van der Waals surface area contributed by atoms with Crippen LogP contribution in [0.15, 0.2) is 84.9 Å². The Labute approximate surface area is 277 Å². The summed E-state index contributed by atoms with van der Waals surface area (Å²) in [6.45, 7) is 7.51. The fourth-order valence-corrected chi connectivity index (χ4v) is 6.31. The van der Waals surface area contributed by atoms with Crippen molar-refractivity contribution in [2.75, 3.05) is 6.61 Å². The van der Waals surface area contributed by atoms with E-state index in [0.717, 1.165) is 78.7 Å². The van der Waals surface area contributed by atoms with Gasteiger partial charge >= 0.3 is 6.01 Å². The van der Waals surface area contributed by atoms with Crippen LogP contribution < -0.4 is 4.74 Å². The van der Waals surface area contributed by atoms with Gasteiger partial charge < -0.3 is 14.6 Å². The van der Waals surface area contributed by atoms with Gasteiger partial charge in [-0.2, -0.15) is 9.97 Å². The van der Waals surface area contributed by atoms with Gasteiger partial charge in [-0.05, 0) is 75.3 Å². The summed E-state index contributed by atoms with van der Waals surface area (Å²) in [5.74, 6) is 0.992. The van der Waals surface area contributed by atoms with Crippen molar-refractivity contribution < 1.29 is 14.6 Å². The second-order valence-electron chi connectivity index (χ2n) is 12.4. The van der Waals surface area contributed by atoms with Crippen molar-refractivity contribution in [2.24, 2.45) is 0 Å². The van der Waals surface area contributed by atoms with Crippen molar-refractivity contribution in [3.8, 4) is 34.5 Å². The number of phenols is 1. The molecule has 1 unspecified atom stereocenters. The number of ether oxygens (including phenoxy) is 2. The minimum Gasteiger partial charge on any atom is -0.507 e. The minimum atomic E-state index is 0.105. The number of aromatic hydroxyl groups is 1. The Morgan fingerprint density at radius 1 is 0.638 bits per heavy atom. The number of unbranched alkanes of at least 4 members (excludes halogenated alkanes) is 4. The van der Waals surface area contributed by atoms with Crippen LogP contribution in [0, 0.1) is 0 Å². The monoisotopic (exact) mass is 627 g/mol. The van der Waals surface area contributed by atoms with Gasteiger partial charge in [-0.3, -0.25) is 0 Å². The molecule has 47 heavy (non-hydrogen) atoms. The summed E-state index contributed by atoms with van der Waals surface area (Å²) in [4.78, 5) is 14.6. The highest BCUT2D eigenvalue weighted by atomic mass is 16.5. The number of rotatable bonds is 15. The molecule has 6 aromatic rings. The summed E-state index contributed by atoms with van der Waals surface area (Å²) >= 11 is 0. The summed E-state index contributed by atoms with van der Waals surface area (Å²) < 4.78 is 12.3. The van der Waals surface area contributed by atoms with E-state index in [-0.39, 0.29) is 17.9 Å². The molecule has 0 radical (unpaired) electrons. The zero-order valence-corrected chi connectivity index (χ0v) is 27.8. The Morgan fingerprint density at radius 2 is 1.36 bits per heavy atom. The molecule has 1 heterocycles. The molecular formula is C41H45N3O3. The van der Waals surface area contributed by atoms with Crippen molar-refractivity contribution >= 4 is 32.3 Å². The predicted molar refractivity (Wildman–Crippen MR) is 193 cm³/mol. The lowest BCUT2D eigenvalue weighted by molar-refractivity contribution is 0.0312. The van der Waals surface area contributed by atoms with E-state index in [4.69, 9.17) is 24.4 Å². The van der Waals surface area contributed by atoms with E-state index in [9.17, 15) is 5.11 Å². The smallest absolute Gasteiger partial charge is 0.320 e. The zero-order chi connectivity index (χ0) is 32.6. The first-order chi connectivity index (χ1) is 23.1. The van der Waals surface area contributed by atoms with Gasteiger partial charge in [0.15, 0.2) is 11.6 Å². The molecule has 242 valence electrons. The van der Waals surface area contributed by atoms with E-state index in [2.05, 4.69) is 81.4 Å². The fourth-order valence-electron chi connectivity index (χ4n) is 6.31. The maximum absolute atomic E-state index is 11.3. The molecule has 0 saturated carbocycles. The van der Waals surface area contributed by atoms with E-state index in [1.165, 1.54) is 16.2 Å². The number of phenolic OH excluding ortho intramolecular Hbond substituents is 1. The van der Waals surface area contributed by atoms with Gasteiger partial charge in [-0.15, -0.1) is 0 Å². The van der Waals surface area contributed by atoms with E-state index < -0.39 is 0 Å². The van der Waals surface area contributed by atoms with Crippen molar-refractivity contribution in [3.05, 3.63) is 90.5 Å². The number of fused-ring (bicyclic) bond motifs is 5. The highest BCUT2D eigenvalue weighted by molar-refractivity contribution is 6.20. The lowest BCUT2D eigenvalue weighted by Crippen LogP contribution is -2.11. The van der Waals surface area contributed by atoms with Crippen molar-refractivity contribution in [3.63, 3.8) is 0 Å². The Hall–Kier alpha value is -4.55. The first kappa shape index (κ1) is 32.4. The van der Waals surface area contributed by atoms with E-state index in [1.807, 2.05) is 18.2 Å². The molecule has 0 fully saturated rings. The first-order valence-electron chi connectivity index (χ1n) is 17.3. The maximum atomic E-state index is 11.3. The van der Waals surface area contributed by atoms with Crippen LogP contribution in [-0.4, -0.2) is 32.8 Å². The lowest BCUT2D eigenvalue weighted by Gasteiger charge is -2.16. The van der Waals surface area contributed by atoms with E-state index in [0.29, 0.717) is 30.4 Å². The zero-order valence-electron chi connectivity index (χ0n) is 27.8.